The van der Waals surface area contributed by atoms with Gasteiger partial charge < -0.3 is 5.32 Å². The van der Waals surface area contributed by atoms with Crippen molar-refractivity contribution in [3.63, 3.8) is 0 Å². The standard InChI is InChI=1S/C11H12N4O2/c1-8-4-10(2-3-11(8)15(16)17)12-5-9-6-13-14-7-9/h2-4,6-7,12H,5H2,1H3,(H,13,14). The van der Waals surface area contributed by atoms with Crippen LogP contribution in [0.3, 0.4) is 0 Å². The Morgan fingerprint density at radius 2 is 2.35 bits per heavy atom. The minimum absolute atomic E-state index is 0.138. The van der Waals surface area contributed by atoms with Crippen LogP contribution in [0, 0.1) is 17.0 Å². The number of aromatic nitrogens is 2. The van der Waals surface area contributed by atoms with Crippen molar-refractivity contribution in [3.05, 3.63) is 51.8 Å². The first-order valence-electron chi connectivity index (χ1n) is 5.13. The Labute approximate surface area is 97.8 Å². The maximum Gasteiger partial charge on any atom is 0.272 e. The summed E-state index contributed by atoms with van der Waals surface area (Å²) in [4.78, 5) is 10.3. The highest BCUT2D eigenvalue weighted by Gasteiger charge is 2.09. The highest BCUT2D eigenvalue weighted by molar-refractivity contribution is 5.53. The fourth-order valence-electron chi connectivity index (χ4n) is 1.55. The number of nitrogens with zero attached hydrogens (tertiary/aromatic N) is 2. The van der Waals surface area contributed by atoms with Crippen LogP contribution >= 0.6 is 0 Å². The third-order valence-corrected chi connectivity index (χ3v) is 2.44. The first-order chi connectivity index (χ1) is 8.16. The van der Waals surface area contributed by atoms with Gasteiger partial charge in [0.2, 0.25) is 0 Å². The van der Waals surface area contributed by atoms with Crippen LogP contribution in [0.2, 0.25) is 0 Å². The van der Waals surface area contributed by atoms with Crippen molar-refractivity contribution in [1.29, 1.82) is 0 Å². The highest BCUT2D eigenvalue weighted by atomic mass is 16.6. The molecule has 0 saturated carbocycles. The predicted octanol–water partition coefficient (Wildman–Crippen LogP) is 2.24. The van der Waals surface area contributed by atoms with Crippen LogP contribution < -0.4 is 5.32 Å². The summed E-state index contributed by atoms with van der Waals surface area (Å²) in [6.07, 6.45) is 3.52. The van der Waals surface area contributed by atoms with Gasteiger partial charge in [-0.1, -0.05) is 0 Å². The van der Waals surface area contributed by atoms with Gasteiger partial charge in [0.05, 0.1) is 11.1 Å². The largest absolute Gasteiger partial charge is 0.381 e. The quantitative estimate of drug-likeness (QED) is 0.625. The molecule has 0 radical (unpaired) electrons. The van der Waals surface area contributed by atoms with E-state index in [0.717, 1.165) is 11.3 Å². The zero-order chi connectivity index (χ0) is 12.3. The molecule has 0 saturated heterocycles. The molecular formula is C11H12N4O2. The van der Waals surface area contributed by atoms with E-state index in [4.69, 9.17) is 0 Å². The van der Waals surface area contributed by atoms with E-state index in [2.05, 4.69) is 15.5 Å². The molecule has 0 bridgehead atoms. The van der Waals surface area contributed by atoms with Crippen molar-refractivity contribution in [1.82, 2.24) is 10.2 Å². The summed E-state index contributed by atoms with van der Waals surface area (Å²) in [7, 11) is 0. The molecule has 2 aromatic rings. The molecule has 0 unspecified atom stereocenters. The van der Waals surface area contributed by atoms with E-state index in [9.17, 15) is 10.1 Å². The summed E-state index contributed by atoms with van der Waals surface area (Å²) in [6.45, 7) is 2.36. The Kier molecular flexibility index (Phi) is 3.04. The second kappa shape index (κ2) is 4.65. The van der Waals surface area contributed by atoms with Crippen LogP contribution in [0.5, 0.6) is 0 Å². The second-order valence-corrected chi connectivity index (χ2v) is 3.72. The van der Waals surface area contributed by atoms with Crippen LogP contribution in [0.25, 0.3) is 0 Å². The molecule has 0 atom stereocenters. The molecule has 1 heterocycles. The fourth-order valence-corrected chi connectivity index (χ4v) is 1.55. The SMILES string of the molecule is Cc1cc(NCc2cn[nH]c2)ccc1[N+](=O)[O-]. The number of aryl methyl sites for hydroxylation is 1. The van der Waals surface area contributed by atoms with Gasteiger partial charge in [-0.25, -0.2) is 0 Å². The average Bonchev–Trinajstić information content (AvgIpc) is 2.78. The summed E-state index contributed by atoms with van der Waals surface area (Å²) in [5, 5.41) is 20.4. The lowest BCUT2D eigenvalue weighted by Crippen LogP contribution is -1.99. The van der Waals surface area contributed by atoms with E-state index < -0.39 is 0 Å². The van der Waals surface area contributed by atoms with Crippen LogP contribution in [0.1, 0.15) is 11.1 Å². The number of H-pyrrole nitrogens is 1. The minimum Gasteiger partial charge on any atom is -0.381 e. The first-order valence-corrected chi connectivity index (χ1v) is 5.13. The maximum absolute atomic E-state index is 10.7. The maximum atomic E-state index is 10.7. The first kappa shape index (κ1) is 11.1. The van der Waals surface area contributed by atoms with E-state index in [1.54, 1.807) is 31.5 Å². The molecule has 17 heavy (non-hydrogen) atoms. The van der Waals surface area contributed by atoms with Crippen LogP contribution in [-0.2, 0) is 6.54 Å². The minimum atomic E-state index is -0.380. The summed E-state index contributed by atoms with van der Waals surface area (Å²) < 4.78 is 0. The topological polar surface area (TPSA) is 83.8 Å². The molecule has 6 heteroatoms. The van der Waals surface area contributed by atoms with Gasteiger partial charge in [-0.2, -0.15) is 5.10 Å². The summed E-state index contributed by atoms with van der Waals surface area (Å²) in [5.74, 6) is 0. The zero-order valence-electron chi connectivity index (χ0n) is 9.30. The van der Waals surface area contributed by atoms with Gasteiger partial charge in [0.25, 0.3) is 5.69 Å². The molecule has 0 aliphatic carbocycles. The molecule has 2 N–H and O–H groups in total. The highest BCUT2D eigenvalue weighted by Crippen LogP contribution is 2.21. The van der Waals surface area contributed by atoms with Gasteiger partial charge in [-0.15, -0.1) is 0 Å². The van der Waals surface area contributed by atoms with Gasteiger partial charge in [-0.05, 0) is 19.1 Å². The average molecular weight is 232 g/mol. The monoisotopic (exact) mass is 232 g/mol. The lowest BCUT2D eigenvalue weighted by atomic mass is 10.2. The van der Waals surface area contributed by atoms with Crippen molar-refractivity contribution in [3.8, 4) is 0 Å². The molecule has 0 aliphatic heterocycles. The Bertz CT molecular complexity index is 522. The smallest absolute Gasteiger partial charge is 0.272 e. The molecule has 1 aromatic carbocycles. The van der Waals surface area contributed by atoms with Gasteiger partial charge >= 0.3 is 0 Å². The molecule has 0 spiro atoms. The van der Waals surface area contributed by atoms with E-state index >= 15 is 0 Å². The van der Waals surface area contributed by atoms with Gasteiger partial charge in [0, 0.05) is 35.6 Å². The number of aromatic amines is 1. The van der Waals surface area contributed by atoms with Crippen molar-refractivity contribution in [2.24, 2.45) is 0 Å². The van der Waals surface area contributed by atoms with Crippen molar-refractivity contribution in [2.45, 2.75) is 13.5 Å². The molecule has 0 amide bonds. The molecular weight excluding hydrogens is 220 g/mol. The molecule has 0 fully saturated rings. The zero-order valence-corrected chi connectivity index (χ0v) is 9.30. The lowest BCUT2D eigenvalue weighted by Gasteiger charge is -2.05. The fraction of sp³-hybridized carbons (Fsp3) is 0.182. The Morgan fingerprint density at radius 3 is 2.94 bits per heavy atom. The lowest BCUT2D eigenvalue weighted by molar-refractivity contribution is -0.385. The third-order valence-electron chi connectivity index (χ3n) is 2.44. The van der Waals surface area contributed by atoms with E-state index in [1.165, 1.54) is 6.07 Å². The number of hydrogen-bond donors (Lipinski definition) is 2. The van der Waals surface area contributed by atoms with Gasteiger partial charge in [0.15, 0.2) is 0 Å². The van der Waals surface area contributed by atoms with Crippen molar-refractivity contribution < 1.29 is 4.92 Å². The second-order valence-electron chi connectivity index (χ2n) is 3.72. The number of anilines is 1. The normalized spacial score (nSPS) is 10.2. The number of rotatable bonds is 4. The number of nitro benzene ring substituents is 1. The summed E-state index contributed by atoms with van der Waals surface area (Å²) in [6, 6.07) is 4.97. The molecule has 6 nitrogen and oxygen atoms in total. The van der Waals surface area contributed by atoms with Crippen molar-refractivity contribution in [2.75, 3.05) is 5.32 Å². The molecule has 1 aromatic heterocycles. The third kappa shape index (κ3) is 2.60. The Balaban J connectivity index is 2.07. The molecule has 2 rings (SSSR count). The van der Waals surface area contributed by atoms with Gasteiger partial charge in [0.1, 0.15) is 0 Å². The molecule has 88 valence electrons. The van der Waals surface area contributed by atoms with E-state index in [1.807, 2.05) is 0 Å². The summed E-state index contributed by atoms with van der Waals surface area (Å²) >= 11 is 0. The number of hydrogen-bond acceptors (Lipinski definition) is 4. The van der Waals surface area contributed by atoms with Crippen LogP contribution in [0.4, 0.5) is 11.4 Å². The number of benzene rings is 1. The van der Waals surface area contributed by atoms with Crippen LogP contribution in [0.15, 0.2) is 30.6 Å². The Morgan fingerprint density at radius 1 is 1.53 bits per heavy atom. The predicted molar refractivity (Wildman–Crippen MR) is 63.7 cm³/mol. The number of nitro groups is 1. The number of nitrogens with one attached hydrogen (secondary N) is 2. The van der Waals surface area contributed by atoms with Gasteiger partial charge in [-0.3, -0.25) is 15.2 Å². The molecule has 0 aliphatic rings. The Hall–Kier alpha value is -2.37. The van der Waals surface area contributed by atoms with E-state index in [-0.39, 0.29) is 10.6 Å². The van der Waals surface area contributed by atoms with Crippen LogP contribution in [-0.4, -0.2) is 15.1 Å². The van der Waals surface area contributed by atoms with E-state index in [0.29, 0.717) is 12.1 Å². The summed E-state index contributed by atoms with van der Waals surface area (Å²) in [5.41, 5.74) is 2.67. The van der Waals surface area contributed by atoms with Crippen molar-refractivity contribution >= 4 is 11.4 Å².